The number of ether oxygens (including phenoxy) is 1. The first-order chi connectivity index (χ1) is 14.2. The van der Waals surface area contributed by atoms with Gasteiger partial charge in [-0.15, -0.1) is 0 Å². The summed E-state index contributed by atoms with van der Waals surface area (Å²) in [6.07, 6.45) is 1.81. The zero-order chi connectivity index (χ0) is 22.3. The number of para-hydroxylation sites is 1. The molecule has 30 heavy (non-hydrogen) atoms. The average Bonchev–Trinajstić information content (AvgIpc) is 2.71. The van der Waals surface area contributed by atoms with Crippen molar-refractivity contribution < 1.29 is 22.7 Å². The van der Waals surface area contributed by atoms with E-state index in [1.807, 2.05) is 6.92 Å². The highest BCUT2D eigenvalue weighted by Gasteiger charge is 2.30. The third kappa shape index (κ3) is 5.73. The summed E-state index contributed by atoms with van der Waals surface area (Å²) in [7, 11) is -2.31. The van der Waals surface area contributed by atoms with Crippen LogP contribution in [0.3, 0.4) is 0 Å². The summed E-state index contributed by atoms with van der Waals surface area (Å²) in [5.41, 5.74) is 0.911. The SMILES string of the molecule is CCCNC(=O)c1ccccc1NC(=O)C(C)N(c1cccc(OC)c1)S(C)(=O)=O. The van der Waals surface area contributed by atoms with Crippen molar-refractivity contribution in [1.82, 2.24) is 5.32 Å². The van der Waals surface area contributed by atoms with Gasteiger partial charge >= 0.3 is 0 Å². The van der Waals surface area contributed by atoms with E-state index in [1.54, 1.807) is 42.5 Å². The first-order valence-corrected chi connectivity index (χ1v) is 11.4. The summed E-state index contributed by atoms with van der Waals surface area (Å²) >= 11 is 0. The van der Waals surface area contributed by atoms with Crippen LogP contribution in [-0.2, 0) is 14.8 Å². The highest BCUT2D eigenvalue weighted by Crippen LogP contribution is 2.26. The molecule has 0 aliphatic rings. The molecule has 162 valence electrons. The molecule has 0 spiro atoms. The molecular weight excluding hydrogens is 406 g/mol. The normalized spacial score (nSPS) is 12.0. The maximum Gasteiger partial charge on any atom is 0.253 e. The molecule has 1 unspecified atom stereocenters. The number of nitrogens with zero attached hydrogens (tertiary/aromatic N) is 1. The van der Waals surface area contributed by atoms with Gasteiger partial charge in [-0.2, -0.15) is 0 Å². The van der Waals surface area contributed by atoms with Crippen LogP contribution in [-0.4, -0.2) is 46.2 Å². The minimum atomic E-state index is -3.78. The summed E-state index contributed by atoms with van der Waals surface area (Å²) in [5.74, 6) is -0.418. The molecule has 9 heteroatoms. The number of carbonyl (C=O) groups is 2. The zero-order valence-electron chi connectivity index (χ0n) is 17.5. The fourth-order valence-corrected chi connectivity index (χ4v) is 4.08. The van der Waals surface area contributed by atoms with E-state index in [0.29, 0.717) is 29.2 Å². The van der Waals surface area contributed by atoms with Crippen molar-refractivity contribution >= 4 is 33.2 Å². The second kappa shape index (κ2) is 10.1. The summed E-state index contributed by atoms with van der Waals surface area (Å²) < 4.78 is 31.1. The van der Waals surface area contributed by atoms with Crippen LogP contribution in [0.2, 0.25) is 0 Å². The number of rotatable bonds is 9. The van der Waals surface area contributed by atoms with E-state index in [-0.39, 0.29) is 5.91 Å². The summed E-state index contributed by atoms with van der Waals surface area (Å²) in [4.78, 5) is 25.3. The predicted octanol–water partition coefficient (Wildman–Crippen LogP) is 2.63. The van der Waals surface area contributed by atoms with Gasteiger partial charge in [0.25, 0.3) is 5.91 Å². The number of hydrogen-bond acceptors (Lipinski definition) is 5. The number of methoxy groups -OCH3 is 1. The van der Waals surface area contributed by atoms with Gasteiger partial charge in [0.1, 0.15) is 11.8 Å². The Morgan fingerprint density at radius 1 is 1.13 bits per heavy atom. The first-order valence-electron chi connectivity index (χ1n) is 9.50. The molecular formula is C21H27N3O5S. The molecule has 2 rings (SSSR count). The van der Waals surface area contributed by atoms with E-state index >= 15 is 0 Å². The Morgan fingerprint density at radius 2 is 1.83 bits per heavy atom. The maximum absolute atomic E-state index is 12.9. The van der Waals surface area contributed by atoms with Gasteiger partial charge in [-0.05, 0) is 37.6 Å². The fraction of sp³-hybridized carbons (Fsp3) is 0.333. The Balaban J connectivity index is 2.32. The first kappa shape index (κ1) is 23.2. The minimum Gasteiger partial charge on any atom is -0.497 e. The molecule has 0 heterocycles. The lowest BCUT2D eigenvalue weighted by Crippen LogP contribution is -2.45. The Hall–Kier alpha value is -3.07. The van der Waals surface area contributed by atoms with E-state index in [1.165, 1.54) is 20.1 Å². The average molecular weight is 434 g/mol. The minimum absolute atomic E-state index is 0.300. The van der Waals surface area contributed by atoms with Gasteiger partial charge in [0, 0.05) is 12.6 Å². The predicted molar refractivity (Wildman–Crippen MR) is 117 cm³/mol. The van der Waals surface area contributed by atoms with Crippen molar-refractivity contribution in [3.63, 3.8) is 0 Å². The van der Waals surface area contributed by atoms with E-state index in [2.05, 4.69) is 10.6 Å². The van der Waals surface area contributed by atoms with Crippen LogP contribution >= 0.6 is 0 Å². The number of sulfonamides is 1. The molecule has 0 saturated carbocycles. The number of carbonyl (C=O) groups excluding carboxylic acids is 2. The standard InChI is InChI=1S/C21H27N3O5S/c1-5-13-22-21(26)18-11-6-7-12-19(18)23-20(25)15(2)24(30(4,27)28)16-9-8-10-17(14-16)29-3/h6-12,14-15H,5,13H2,1-4H3,(H,22,26)(H,23,25). The molecule has 0 aromatic heterocycles. The van der Waals surface area contributed by atoms with Crippen LogP contribution in [0.5, 0.6) is 5.75 Å². The number of nitrogens with one attached hydrogen (secondary N) is 2. The van der Waals surface area contributed by atoms with Crippen molar-refractivity contribution in [2.45, 2.75) is 26.3 Å². The lowest BCUT2D eigenvalue weighted by atomic mass is 10.1. The number of anilines is 2. The van der Waals surface area contributed by atoms with E-state index in [0.717, 1.165) is 17.0 Å². The molecule has 2 amide bonds. The Labute approximate surface area is 177 Å². The molecule has 2 aromatic rings. The van der Waals surface area contributed by atoms with E-state index < -0.39 is 22.0 Å². The van der Waals surface area contributed by atoms with E-state index in [4.69, 9.17) is 4.74 Å². The second-order valence-corrected chi connectivity index (χ2v) is 8.59. The van der Waals surface area contributed by atoms with Gasteiger partial charge < -0.3 is 15.4 Å². The molecule has 0 fully saturated rings. The number of hydrogen-bond donors (Lipinski definition) is 2. The van der Waals surface area contributed by atoms with Crippen LogP contribution in [0, 0.1) is 0 Å². The summed E-state index contributed by atoms with van der Waals surface area (Å²) in [6, 6.07) is 12.0. The van der Waals surface area contributed by atoms with E-state index in [9.17, 15) is 18.0 Å². The Bertz CT molecular complexity index is 1010. The van der Waals surface area contributed by atoms with Crippen LogP contribution in [0.25, 0.3) is 0 Å². The molecule has 2 N–H and O–H groups in total. The molecule has 2 aromatic carbocycles. The molecule has 0 aliphatic heterocycles. The molecule has 1 atom stereocenters. The van der Waals surface area contributed by atoms with Gasteiger partial charge in [0.05, 0.1) is 30.3 Å². The topological polar surface area (TPSA) is 105 Å². The Kier molecular flexibility index (Phi) is 7.82. The summed E-state index contributed by atoms with van der Waals surface area (Å²) in [5, 5.41) is 5.45. The molecule has 0 radical (unpaired) electrons. The number of benzene rings is 2. The third-order valence-electron chi connectivity index (χ3n) is 4.36. The quantitative estimate of drug-likeness (QED) is 0.633. The van der Waals surface area contributed by atoms with Gasteiger partial charge in [0.2, 0.25) is 15.9 Å². The fourth-order valence-electron chi connectivity index (χ4n) is 2.92. The van der Waals surface area contributed by atoms with Crippen LogP contribution in [0.4, 0.5) is 11.4 Å². The molecule has 8 nitrogen and oxygen atoms in total. The zero-order valence-corrected chi connectivity index (χ0v) is 18.3. The monoisotopic (exact) mass is 433 g/mol. The van der Waals surface area contributed by atoms with Crippen LogP contribution < -0.4 is 19.7 Å². The lowest BCUT2D eigenvalue weighted by Gasteiger charge is -2.28. The largest absolute Gasteiger partial charge is 0.497 e. The van der Waals surface area contributed by atoms with Crippen molar-refractivity contribution in [2.75, 3.05) is 29.5 Å². The van der Waals surface area contributed by atoms with Gasteiger partial charge in [0.15, 0.2) is 0 Å². The van der Waals surface area contributed by atoms with Crippen molar-refractivity contribution in [1.29, 1.82) is 0 Å². The van der Waals surface area contributed by atoms with Crippen molar-refractivity contribution in [3.8, 4) is 5.75 Å². The lowest BCUT2D eigenvalue weighted by molar-refractivity contribution is -0.116. The highest BCUT2D eigenvalue weighted by atomic mass is 32.2. The maximum atomic E-state index is 12.9. The molecule has 0 aliphatic carbocycles. The Morgan fingerprint density at radius 3 is 2.47 bits per heavy atom. The highest BCUT2D eigenvalue weighted by molar-refractivity contribution is 7.92. The van der Waals surface area contributed by atoms with Crippen LogP contribution in [0.1, 0.15) is 30.6 Å². The van der Waals surface area contributed by atoms with Gasteiger partial charge in [-0.1, -0.05) is 25.1 Å². The summed E-state index contributed by atoms with van der Waals surface area (Å²) in [6.45, 7) is 3.93. The second-order valence-electron chi connectivity index (χ2n) is 6.73. The van der Waals surface area contributed by atoms with Crippen molar-refractivity contribution in [3.05, 3.63) is 54.1 Å². The molecule has 0 bridgehead atoms. The third-order valence-corrected chi connectivity index (χ3v) is 5.60. The van der Waals surface area contributed by atoms with Gasteiger partial charge in [-0.3, -0.25) is 13.9 Å². The van der Waals surface area contributed by atoms with Crippen molar-refractivity contribution in [2.24, 2.45) is 0 Å². The smallest absolute Gasteiger partial charge is 0.253 e. The molecule has 0 saturated heterocycles. The van der Waals surface area contributed by atoms with Gasteiger partial charge in [-0.25, -0.2) is 8.42 Å². The number of amides is 2. The van der Waals surface area contributed by atoms with Crippen LogP contribution in [0.15, 0.2) is 48.5 Å².